The van der Waals surface area contributed by atoms with Gasteiger partial charge >= 0.3 is 0 Å². The molecule has 0 unspecified atom stereocenters. The molecule has 0 saturated carbocycles. The molecule has 1 saturated heterocycles. The summed E-state index contributed by atoms with van der Waals surface area (Å²) in [4.78, 5) is 10.8. The zero-order valence-electron chi connectivity index (χ0n) is 14.8. The monoisotopic (exact) mass is 375 g/mol. The molecule has 0 bridgehead atoms. The van der Waals surface area contributed by atoms with Gasteiger partial charge in [0.15, 0.2) is 10.6 Å². The van der Waals surface area contributed by atoms with Gasteiger partial charge in [-0.25, -0.2) is 18.4 Å². The van der Waals surface area contributed by atoms with Gasteiger partial charge in [-0.2, -0.15) is 4.31 Å². The Morgan fingerprint density at radius 2 is 1.85 bits per heavy atom. The molecule has 0 spiro atoms. The van der Waals surface area contributed by atoms with E-state index in [0.29, 0.717) is 44.4 Å². The Balaban J connectivity index is 1.42. The number of oxazole rings is 1. The molecule has 3 aromatic rings. The first kappa shape index (κ1) is 17.2. The van der Waals surface area contributed by atoms with Crippen LogP contribution >= 0.6 is 0 Å². The van der Waals surface area contributed by atoms with E-state index in [1.807, 2.05) is 24.3 Å². The fourth-order valence-electron chi connectivity index (χ4n) is 3.09. The summed E-state index contributed by atoms with van der Waals surface area (Å²) in [5.41, 5.74) is 1.61. The highest BCUT2D eigenvalue weighted by Gasteiger charge is 2.31. The Kier molecular flexibility index (Phi) is 4.29. The van der Waals surface area contributed by atoms with Crippen LogP contribution in [0, 0.1) is 6.92 Å². The largest absolute Gasteiger partial charge is 0.439 e. The quantitative estimate of drug-likeness (QED) is 0.685. The average molecular weight is 375 g/mol. The fraction of sp³-hybridized carbons (Fsp3) is 0.412. The van der Waals surface area contributed by atoms with Crippen LogP contribution in [0.1, 0.15) is 11.7 Å². The van der Waals surface area contributed by atoms with Crippen molar-refractivity contribution in [1.29, 1.82) is 0 Å². The van der Waals surface area contributed by atoms with Gasteiger partial charge in [-0.05, 0) is 19.1 Å². The summed E-state index contributed by atoms with van der Waals surface area (Å²) in [6, 6.07) is 7.66. The van der Waals surface area contributed by atoms with E-state index in [-0.39, 0.29) is 5.03 Å². The molecular formula is C17H21N5O3S. The van der Waals surface area contributed by atoms with Crippen LogP contribution in [0.3, 0.4) is 0 Å². The topological polar surface area (TPSA) is 84.5 Å². The van der Waals surface area contributed by atoms with E-state index in [1.165, 1.54) is 4.31 Å². The van der Waals surface area contributed by atoms with Crippen LogP contribution in [-0.4, -0.2) is 58.3 Å². The zero-order valence-corrected chi connectivity index (χ0v) is 15.6. The van der Waals surface area contributed by atoms with Gasteiger partial charge in [0.05, 0.1) is 6.54 Å². The zero-order chi connectivity index (χ0) is 18.3. The molecule has 3 heterocycles. The molecule has 4 rings (SSSR count). The predicted molar refractivity (Wildman–Crippen MR) is 96.0 cm³/mol. The maximum atomic E-state index is 12.7. The highest BCUT2D eigenvalue weighted by Crippen LogP contribution is 2.19. The van der Waals surface area contributed by atoms with E-state index in [2.05, 4.69) is 14.9 Å². The molecule has 2 aromatic heterocycles. The molecule has 0 N–H and O–H groups in total. The van der Waals surface area contributed by atoms with Crippen molar-refractivity contribution in [2.75, 3.05) is 26.2 Å². The van der Waals surface area contributed by atoms with Gasteiger partial charge in [0, 0.05) is 39.4 Å². The van der Waals surface area contributed by atoms with Crippen molar-refractivity contribution >= 4 is 21.1 Å². The van der Waals surface area contributed by atoms with Crippen LogP contribution in [0.15, 0.2) is 39.9 Å². The molecule has 1 fully saturated rings. The Bertz CT molecular complexity index is 979. The highest BCUT2D eigenvalue weighted by molar-refractivity contribution is 7.89. The minimum Gasteiger partial charge on any atom is -0.439 e. The van der Waals surface area contributed by atoms with Gasteiger partial charge in [0.25, 0.3) is 10.0 Å². The third kappa shape index (κ3) is 3.13. The van der Waals surface area contributed by atoms with Gasteiger partial charge in [0.2, 0.25) is 5.89 Å². The van der Waals surface area contributed by atoms with Gasteiger partial charge in [-0.3, -0.25) is 4.90 Å². The minimum atomic E-state index is -3.54. The van der Waals surface area contributed by atoms with Crippen LogP contribution in [0.25, 0.3) is 11.1 Å². The molecule has 1 aliphatic heterocycles. The molecule has 0 amide bonds. The van der Waals surface area contributed by atoms with Crippen LogP contribution in [0.5, 0.6) is 0 Å². The fourth-order valence-corrected chi connectivity index (χ4v) is 4.54. The van der Waals surface area contributed by atoms with E-state index in [9.17, 15) is 8.42 Å². The van der Waals surface area contributed by atoms with Crippen molar-refractivity contribution in [3.05, 3.63) is 42.2 Å². The molecule has 0 atom stereocenters. The van der Waals surface area contributed by atoms with Crippen molar-refractivity contribution in [2.45, 2.75) is 18.5 Å². The molecule has 138 valence electrons. The van der Waals surface area contributed by atoms with Crippen molar-refractivity contribution in [3.63, 3.8) is 0 Å². The van der Waals surface area contributed by atoms with E-state index < -0.39 is 10.0 Å². The number of aryl methyl sites for hydroxylation is 2. The molecular weight excluding hydrogens is 354 g/mol. The summed E-state index contributed by atoms with van der Waals surface area (Å²) < 4.78 is 34.4. The molecule has 1 aliphatic rings. The maximum Gasteiger partial charge on any atom is 0.262 e. The van der Waals surface area contributed by atoms with E-state index in [1.54, 1.807) is 24.7 Å². The number of imidazole rings is 1. The van der Waals surface area contributed by atoms with Crippen molar-refractivity contribution in [1.82, 2.24) is 23.7 Å². The summed E-state index contributed by atoms with van der Waals surface area (Å²) in [7, 11) is -1.75. The Morgan fingerprint density at radius 3 is 2.50 bits per heavy atom. The second kappa shape index (κ2) is 6.49. The Morgan fingerprint density at radius 1 is 1.12 bits per heavy atom. The van der Waals surface area contributed by atoms with Gasteiger partial charge in [0.1, 0.15) is 11.3 Å². The second-order valence-electron chi connectivity index (χ2n) is 6.49. The van der Waals surface area contributed by atoms with Crippen molar-refractivity contribution in [3.8, 4) is 0 Å². The molecule has 26 heavy (non-hydrogen) atoms. The summed E-state index contributed by atoms with van der Waals surface area (Å²) >= 11 is 0. The van der Waals surface area contributed by atoms with Gasteiger partial charge in [-0.15, -0.1) is 0 Å². The number of aromatic nitrogens is 3. The Hall–Kier alpha value is -2.23. The lowest BCUT2D eigenvalue weighted by Gasteiger charge is -2.32. The molecule has 8 nitrogen and oxygen atoms in total. The number of sulfonamides is 1. The van der Waals surface area contributed by atoms with E-state index >= 15 is 0 Å². The number of hydrogen-bond donors (Lipinski definition) is 0. The first-order chi connectivity index (χ1) is 12.4. The van der Waals surface area contributed by atoms with Crippen LogP contribution in [0.2, 0.25) is 0 Å². The third-order valence-electron chi connectivity index (χ3n) is 4.72. The van der Waals surface area contributed by atoms with Crippen LogP contribution < -0.4 is 0 Å². The lowest BCUT2D eigenvalue weighted by atomic mass is 10.3. The highest BCUT2D eigenvalue weighted by atomic mass is 32.2. The summed E-state index contributed by atoms with van der Waals surface area (Å²) in [6.07, 6.45) is 1.56. The number of nitrogens with zero attached hydrogens (tertiary/aromatic N) is 5. The SMILES string of the molecule is Cc1nc(S(=O)(=O)N2CCN(Cc3nc4ccccc4o3)CC2)cn1C. The molecule has 0 radical (unpaired) electrons. The van der Waals surface area contributed by atoms with E-state index in [4.69, 9.17) is 4.42 Å². The van der Waals surface area contributed by atoms with Gasteiger partial charge < -0.3 is 8.98 Å². The number of hydrogen-bond acceptors (Lipinski definition) is 6. The standard InChI is InChI=1S/C17H21N5O3S/c1-13-18-17(12-20(13)2)26(23,24)22-9-7-21(8-10-22)11-16-19-14-5-3-4-6-15(14)25-16/h3-6,12H,7-11H2,1-2H3. The third-order valence-corrected chi connectivity index (χ3v) is 6.49. The average Bonchev–Trinajstić information content (AvgIpc) is 3.18. The first-order valence-corrected chi connectivity index (χ1v) is 9.94. The van der Waals surface area contributed by atoms with Crippen molar-refractivity contribution in [2.24, 2.45) is 7.05 Å². The summed E-state index contributed by atoms with van der Waals surface area (Å²) in [6.45, 7) is 4.48. The lowest BCUT2D eigenvalue weighted by molar-refractivity contribution is 0.169. The van der Waals surface area contributed by atoms with Gasteiger partial charge in [-0.1, -0.05) is 12.1 Å². The number of piperazine rings is 1. The normalized spacial score (nSPS) is 17.2. The predicted octanol–water partition coefficient (Wildman–Crippen LogP) is 1.38. The minimum absolute atomic E-state index is 0.116. The van der Waals surface area contributed by atoms with Crippen molar-refractivity contribution < 1.29 is 12.8 Å². The maximum absolute atomic E-state index is 12.7. The summed E-state index contributed by atoms with van der Waals surface area (Å²) in [5.74, 6) is 1.33. The van der Waals surface area contributed by atoms with Crippen LogP contribution in [0.4, 0.5) is 0 Å². The number of fused-ring (bicyclic) bond motifs is 1. The number of benzene rings is 1. The summed E-state index contributed by atoms with van der Waals surface area (Å²) in [5, 5.41) is 0.116. The second-order valence-corrected chi connectivity index (χ2v) is 8.38. The molecule has 1 aromatic carbocycles. The first-order valence-electron chi connectivity index (χ1n) is 8.50. The smallest absolute Gasteiger partial charge is 0.262 e. The Labute approximate surface area is 152 Å². The number of para-hydroxylation sites is 2. The molecule has 9 heteroatoms. The number of rotatable bonds is 4. The van der Waals surface area contributed by atoms with E-state index in [0.717, 1.165) is 11.1 Å². The van der Waals surface area contributed by atoms with Crippen LogP contribution in [-0.2, 0) is 23.6 Å². The lowest BCUT2D eigenvalue weighted by Crippen LogP contribution is -2.48. The molecule has 0 aliphatic carbocycles.